The smallest absolute Gasteiger partial charge is 0.345 e. The molecular formula is C23H37IN6O2. The lowest BCUT2D eigenvalue weighted by Crippen LogP contribution is -2.38. The predicted molar refractivity (Wildman–Crippen MR) is 139 cm³/mol. The van der Waals surface area contributed by atoms with E-state index in [0.29, 0.717) is 19.7 Å². The van der Waals surface area contributed by atoms with Crippen molar-refractivity contribution in [2.45, 2.75) is 65.1 Å². The number of hydrogen-bond donors (Lipinski definition) is 2. The third-order valence-electron chi connectivity index (χ3n) is 5.42. The normalized spacial score (nSPS) is 14.4. The van der Waals surface area contributed by atoms with E-state index in [1.807, 2.05) is 22.8 Å². The largest absolute Gasteiger partial charge is 0.374 e. The van der Waals surface area contributed by atoms with Crippen molar-refractivity contribution in [3.63, 3.8) is 0 Å². The highest BCUT2D eigenvalue weighted by Gasteiger charge is 2.16. The standard InChI is InChI=1S/C23H36N6O2.HI/c1-3-24-22(26-15-10-18-31-19(2)20-11-5-4-6-12-20)25-14-9-17-29-23(30)28-16-8-7-13-21(28)27-29;/h4-6,11-12,19H,3,7-10,13-18H2,1-2H3,(H2,24,25,26);1H. The minimum Gasteiger partial charge on any atom is -0.374 e. The number of halogens is 1. The molecular weight excluding hydrogens is 519 g/mol. The molecule has 0 aliphatic carbocycles. The molecule has 1 aliphatic heterocycles. The van der Waals surface area contributed by atoms with E-state index in [1.54, 1.807) is 4.68 Å². The van der Waals surface area contributed by atoms with Crippen LogP contribution in [-0.2, 0) is 24.2 Å². The molecule has 0 bridgehead atoms. The van der Waals surface area contributed by atoms with Crippen LogP contribution in [0.25, 0.3) is 0 Å². The zero-order valence-corrected chi connectivity index (χ0v) is 21.6. The number of aromatic nitrogens is 3. The molecule has 1 aromatic heterocycles. The predicted octanol–water partition coefficient (Wildman–Crippen LogP) is 3.11. The highest BCUT2D eigenvalue weighted by molar-refractivity contribution is 14.0. The average Bonchev–Trinajstić information content (AvgIpc) is 3.12. The Morgan fingerprint density at radius 1 is 1.22 bits per heavy atom. The van der Waals surface area contributed by atoms with Crippen molar-refractivity contribution < 1.29 is 4.74 Å². The van der Waals surface area contributed by atoms with Gasteiger partial charge < -0.3 is 15.4 Å². The fourth-order valence-corrected chi connectivity index (χ4v) is 3.71. The molecule has 9 heteroatoms. The molecule has 2 heterocycles. The number of nitrogens with one attached hydrogen (secondary N) is 2. The molecule has 0 spiro atoms. The summed E-state index contributed by atoms with van der Waals surface area (Å²) in [6.07, 6.45) is 4.87. The molecule has 0 radical (unpaired) electrons. The lowest BCUT2D eigenvalue weighted by molar-refractivity contribution is 0.0646. The van der Waals surface area contributed by atoms with E-state index in [0.717, 1.165) is 63.5 Å². The first-order chi connectivity index (χ1) is 15.2. The summed E-state index contributed by atoms with van der Waals surface area (Å²) in [4.78, 5) is 17.0. The Morgan fingerprint density at radius 2 is 2.03 bits per heavy atom. The van der Waals surface area contributed by atoms with Gasteiger partial charge in [0.05, 0.1) is 6.10 Å². The Balaban J connectivity index is 0.00000363. The number of fused-ring (bicyclic) bond motifs is 1. The third kappa shape index (κ3) is 7.91. The maximum atomic E-state index is 12.4. The van der Waals surface area contributed by atoms with Crippen molar-refractivity contribution in [3.8, 4) is 0 Å². The Kier molecular flexibility index (Phi) is 11.8. The van der Waals surface area contributed by atoms with Crippen LogP contribution in [0.5, 0.6) is 0 Å². The summed E-state index contributed by atoms with van der Waals surface area (Å²) in [7, 11) is 0. The van der Waals surface area contributed by atoms with Gasteiger partial charge in [-0.3, -0.25) is 9.56 Å². The molecule has 0 saturated heterocycles. The summed E-state index contributed by atoms with van der Waals surface area (Å²) in [5.41, 5.74) is 1.22. The summed E-state index contributed by atoms with van der Waals surface area (Å²) in [5.74, 6) is 1.73. The van der Waals surface area contributed by atoms with E-state index >= 15 is 0 Å². The van der Waals surface area contributed by atoms with E-state index in [1.165, 1.54) is 5.56 Å². The van der Waals surface area contributed by atoms with Gasteiger partial charge in [-0.25, -0.2) is 9.48 Å². The Hall–Kier alpha value is -1.88. The van der Waals surface area contributed by atoms with Gasteiger partial charge in [0.2, 0.25) is 0 Å². The summed E-state index contributed by atoms with van der Waals surface area (Å²) in [5, 5.41) is 11.1. The molecule has 1 aliphatic rings. The maximum Gasteiger partial charge on any atom is 0.345 e. The molecule has 1 unspecified atom stereocenters. The number of aliphatic imine (C=N–C) groups is 1. The van der Waals surface area contributed by atoms with E-state index in [-0.39, 0.29) is 35.8 Å². The zero-order chi connectivity index (χ0) is 21.9. The molecule has 0 amide bonds. The lowest BCUT2D eigenvalue weighted by Gasteiger charge is -2.14. The van der Waals surface area contributed by atoms with Crippen LogP contribution in [-0.4, -0.2) is 46.5 Å². The molecule has 3 rings (SSSR count). The molecule has 8 nitrogen and oxygen atoms in total. The lowest BCUT2D eigenvalue weighted by atomic mass is 10.1. The highest BCUT2D eigenvalue weighted by atomic mass is 127. The van der Waals surface area contributed by atoms with Crippen LogP contribution in [0.3, 0.4) is 0 Å². The quantitative estimate of drug-likeness (QED) is 0.192. The molecule has 0 fully saturated rings. The topological polar surface area (TPSA) is 85.5 Å². The van der Waals surface area contributed by atoms with Crippen LogP contribution in [0, 0.1) is 0 Å². The number of guanidine groups is 1. The second kappa shape index (κ2) is 14.3. The first-order valence-corrected chi connectivity index (χ1v) is 11.5. The van der Waals surface area contributed by atoms with Gasteiger partial charge in [0.25, 0.3) is 0 Å². The second-order valence-electron chi connectivity index (χ2n) is 7.85. The van der Waals surface area contributed by atoms with Gasteiger partial charge in [0, 0.05) is 45.8 Å². The molecule has 178 valence electrons. The average molecular weight is 556 g/mol. The first kappa shape index (κ1) is 26.4. The van der Waals surface area contributed by atoms with E-state index in [2.05, 4.69) is 46.7 Å². The van der Waals surface area contributed by atoms with Crippen LogP contribution in [0.4, 0.5) is 0 Å². The summed E-state index contributed by atoms with van der Waals surface area (Å²) in [6, 6.07) is 10.3. The van der Waals surface area contributed by atoms with Gasteiger partial charge in [-0.1, -0.05) is 30.3 Å². The Bertz CT molecular complexity index is 880. The van der Waals surface area contributed by atoms with Gasteiger partial charge >= 0.3 is 5.69 Å². The molecule has 1 aromatic carbocycles. The van der Waals surface area contributed by atoms with E-state index in [4.69, 9.17) is 4.74 Å². The van der Waals surface area contributed by atoms with Crippen molar-refractivity contribution in [2.24, 2.45) is 4.99 Å². The summed E-state index contributed by atoms with van der Waals surface area (Å²) >= 11 is 0. The summed E-state index contributed by atoms with van der Waals surface area (Å²) in [6.45, 7) is 8.47. The van der Waals surface area contributed by atoms with Crippen LogP contribution in [0.1, 0.15) is 57.0 Å². The number of hydrogen-bond acceptors (Lipinski definition) is 4. The number of aryl methyl sites for hydroxylation is 2. The molecule has 2 N–H and O–H groups in total. The zero-order valence-electron chi connectivity index (χ0n) is 19.3. The van der Waals surface area contributed by atoms with Crippen LogP contribution < -0.4 is 16.3 Å². The van der Waals surface area contributed by atoms with Gasteiger partial charge in [0.15, 0.2) is 5.96 Å². The number of ether oxygens (including phenoxy) is 1. The minimum atomic E-state index is 0. The molecule has 32 heavy (non-hydrogen) atoms. The number of benzene rings is 1. The molecule has 2 aromatic rings. The van der Waals surface area contributed by atoms with Crippen molar-refractivity contribution in [1.82, 2.24) is 25.0 Å². The maximum absolute atomic E-state index is 12.4. The van der Waals surface area contributed by atoms with Crippen molar-refractivity contribution in [2.75, 3.05) is 26.2 Å². The van der Waals surface area contributed by atoms with Gasteiger partial charge in [0.1, 0.15) is 5.82 Å². The van der Waals surface area contributed by atoms with Crippen molar-refractivity contribution in [3.05, 3.63) is 52.2 Å². The highest BCUT2D eigenvalue weighted by Crippen LogP contribution is 2.15. The Labute approximate surface area is 207 Å². The van der Waals surface area contributed by atoms with E-state index in [9.17, 15) is 4.79 Å². The second-order valence-corrected chi connectivity index (χ2v) is 7.85. The molecule has 0 saturated carbocycles. The SMILES string of the molecule is CCNC(=NCCCn1nc2n(c1=O)CCCC2)NCCCOC(C)c1ccccc1.I. The third-order valence-corrected chi connectivity index (χ3v) is 5.42. The number of nitrogens with zero attached hydrogens (tertiary/aromatic N) is 4. The van der Waals surface area contributed by atoms with Gasteiger partial charge in [-0.15, -0.1) is 24.0 Å². The van der Waals surface area contributed by atoms with Gasteiger partial charge in [-0.2, -0.15) is 5.10 Å². The van der Waals surface area contributed by atoms with Crippen LogP contribution >= 0.6 is 24.0 Å². The first-order valence-electron chi connectivity index (χ1n) is 11.5. The van der Waals surface area contributed by atoms with E-state index < -0.39 is 0 Å². The summed E-state index contributed by atoms with van der Waals surface area (Å²) < 4.78 is 9.34. The minimum absolute atomic E-state index is 0. The molecule has 1 atom stereocenters. The monoisotopic (exact) mass is 556 g/mol. The Morgan fingerprint density at radius 3 is 2.78 bits per heavy atom. The van der Waals surface area contributed by atoms with Crippen molar-refractivity contribution >= 4 is 29.9 Å². The fraction of sp³-hybridized carbons (Fsp3) is 0.609. The van der Waals surface area contributed by atoms with Gasteiger partial charge in [-0.05, 0) is 45.1 Å². The van der Waals surface area contributed by atoms with Crippen LogP contribution in [0.15, 0.2) is 40.1 Å². The fourth-order valence-electron chi connectivity index (χ4n) is 3.71. The van der Waals surface area contributed by atoms with Crippen LogP contribution in [0.2, 0.25) is 0 Å². The number of rotatable bonds is 11. The van der Waals surface area contributed by atoms with Crippen molar-refractivity contribution in [1.29, 1.82) is 0 Å².